The highest BCUT2D eigenvalue weighted by Gasteiger charge is 2.45. The number of rotatable bonds is 4. The van der Waals surface area contributed by atoms with Crippen LogP contribution in [0.4, 0.5) is 0 Å². The van der Waals surface area contributed by atoms with E-state index in [-0.39, 0.29) is 12.2 Å². The van der Waals surface area contributed by atoms with Gasteiger partial charge in [0.25, 0.3) is 0 Å². The first-order valence-electron chi connectivity index (χ1n) is 7.32. The van der Waals surface area contributed by atoms with E-state index in [1.54, 1.807) is 0 Å². The van der Waals surface area contributed by atoms with Crippen molar-refractivity contribution in [2.75, 3.05) is 0 Å². The number of ether oxygens (including phenoxy) is 2. The summed E-state index contributed by atoms with van der Waals surface area (Å²) in [6.07, 6.45) is 11.6. The van der Waals surface area contributed by atoms with E-state index < -0.39 is 5.79 Å². The third kappa shape index (κ3) is 2.83. The highest BCUT2D eigenvalue weighted by Crippen LogP contribution is 2.39. The lowest BCUT2D eigenvalue weighted by Gasteiger charge is -2.41. The minimum Gasteiger partial charge on any atom is -0.369 e. The van der Waals surface area contributed by atoms with Crippen molar-refractivity contribution in [2.45, 2.75) is 88.3 Å². The van der Waals surface area contributed by atoms with Gasteiger partial charge in [-0.3, -0.25) is 0 Å². The van der Waals surface area contributed by atoms with Gasteiger partial charge in [-0.25, -0.2) is 0 Å². The Morgan fingerprint density at radius 3 is 2.24 bits per heavy atom. The van der Waals surface area contributed by atoms with Crippen LogP contribution in [0.25, 0.3) is 0 Å². The summed E-state index contributed by atoms with van der Waals surface area (Å²) in [5.41, 5.74) is 0. The molecule has 3 aliphatic carbocycles. The second kappa shape index (κ2) is 4.87. The molecule has 1 N–H and O–H groups in total. The summed E-state index contributed by atoms with van der Waals surface area (Å²) >= 11 is 0. The highest BCUT2D eigenvalue weighted by atomic mass is 16.7. The third-order valence-corrected chi connectivity index (χ3v) is 4.31. The van der Waals surface area contributed by atoms with Crippen LogP contribution in [-0.4, -0.2) is 29.2 Å². The largest absolute Gasteiger partial charge is 0.369 e. The van der Waals surface area contributed by atoms with Gasteiger partial charge in [-0.05, 0) is 38.5 Å². The van der Waals surface area contributed by atoms with Crippen LogP contribution >= 0.6 is 0 Å². The van der Waals surface area contributed by atoms with Gasteiger partial charge in [0.1, 0.15) is 6.10 Å². The molecule has 0 radical (unpaired) electrons. The molecule has 2 atom stereocenters. The maximum absolute atomic E-state index is 10.7. The van der Waals surface area contributed by atoms with Crippen molar-refractivity contribution in [3.8, 4) is 0 Å². The molecule has 0 bridgehead atoms. The summed E-state index contributed by atoms with van der Waals surface area (Å²) in [6.45, 7) is 0. The van der Waals surface area contributed by atoms with E-state index in [2.05, 4.69) is 0 Å². The molecular formula is C14H24O3. The van der Waals surface area contributed by atoms with Crippen molar-refractivity contribution < 1.29 is 14.6 Å². The standard InChI is InChI=1S/C14H24O3/c15-14(17-12-5-1-2-6-12)10-4-3-7-13(14)16-11-8-9-11/h11-13,15H,1-10H2. The summed E-state index contributed by atoms with van der Waals surface area (Å²) < 4.78 is 12.0. The Morgan fingerprint density at radius 1 is 0.824 bits per heavy atom. The van der Waals surface area contributed by atoms with Crippen molar-refractivity contribution in [3.63, 3.8) is 0 Å². The van der Waals surface area contributed by atoms with Crippen molar-refractivity contribution in [1.82, 2.24) is 0 Å². The zero-order chi connectivity index (χ0) is 11.7. The first-order chi connectivity index (χ1) is 8.26. The molecule has 3 rings (SSSR count). The topological polar surface area (TPSA) is 38.7 Å². The maximum Gasteiger partial charge on any atom is 0.192 e. The SMILES string of the molecule is OC1(OC2CCCC2)CCCCC1OC1CC1. The normalized spacial score (nSPS) is 39.7. The van der Waals surface area contributed by atoms with Crippen LogP contribution in [0.2, 0.25) is 0 Å². The average molecular weight is 240 g/mol. The third-order valence-electron chi connectivity index (χ3n) is 4.31. The van der Waals surface area contributed by atoms with Crippen LogP contribution in [-0.2, 0) is 9.47 Å². The number of hydrogen-bond donors (Lipinski definition) is 1. The highest BCUT2D eigenvalue weighted by molar-refractivity contribution is 4.88. The van der Waals surface area contributed by atoms with Gasteiger partial charge < -0.3 is 14.6 Å². The van der Waals surface area contributed by atoms with Gasteiger partial charge in [0.2, 0.25) is 0 Å². The Labute approximate surface area is 103 Å². The molecule has 3 fully saturated rings. The van der Waals surface area contributed by atoms with Gasteiger partial charge in [0, 0.05) is 6.42 Å². The second-order valence-corrected chi connectivity index (χ2v) is 5.94. The lowest BCUT2D eigenvalue weighted by atomic mass is 9.91. The molecular weight excluding hydrogens is 216 g/mol. The van der Waals surface area contributed by atoms with Crippen LogP contribution < -0.4 is 0 Å². The Balaban J connectivity index is 1.61. The predicted octanol–water partition coefficient (Wildman–Crippen LogP) is 2.76. The van der Waals surface area contributed by atoms with E-state index in [0.29, 0.717) is 6.10 Å². The molecule has 3 saturated carbocycles. The van der Waals surface area contributed by atoms with Crippen LogP contribution in [0.15, 0.2) is 0 Å². The average Bonchev–Trinajstić information content (AvgIpc) is 2.99. The molecule has 3 nitrogen and oxygen atoms in total. The quantitative estimate of drug-likeness (QED) is 0.768. The first kappa shape index (κ1) is 11.9. The molecule has 0 aromatic rings. The minimum absolute atomic E-state index is 0.0793. The molecule has 17 heavy (non-hydrogen) atoms. The lowest BCUT2D eigenvalue weighted by Crippen LogP contribution is -2.50. The zero-order valence-corrected chi connectivity index (χ0v) is 10.6. The van der Waals surface area contributed by atoms with Crippen LogP contribution in [0, 0.1) is 0 Å². The number of hydrogen-bond acceptors (Lipinski definition) is 3. The van der Waals surface area contributed by atoms with E-state index in [1.807, 2.05) is 0 Å². The van der Waals surface area contributed by atoms with Crippen molar-refractivity contribution in [3.05, 3.63) is 0 Å². The van der Waals surface area contributed by atoms with Gasteiger partial charge in [-0.2, -0.15) is 0 Å². The molecule has 0 aromatic carbocycles. The Bertz CT molecular complexity index is 258. The molecule has 0 aliphatic heterocycles. The summed E-state index contributed by atoms with van der Waals surface area (Å²) in [4.78, 5) is 0. The molecule has 3 aliphatic rings. The van der Waals surface area contributed by atoms with Crippen LogP contribution in [0.3, 0.4) is 0 Å². The fourth-order valence-electron chi connectivity index (χ4n) is 3.13. The van der Waals surface area contributed by atoms with E-state index in [4.69, 9.17) is 9.47 Å². The maximum atomic E-state index is 10.7. The molecule has 0 amide bonds. The fraction of sp³-hybridized carbons (Fsp3) is 1.00. The first-order valence-corrected chi connectivity index (χ1v) is 7.32. The molecule has 98 valence electrons. The molecule has 2 unspecified atom stereocenters. The van der Waals surface area contributed by atoms with E-state index in [0.717, 1.165) is 51.4 Å². The van der Waals surface area contributed by atoms with Crippen LogP contribution in [0.5, 0.6) is 0 Å². The summed E-state index contributed by atoms with van der Waals surface area (Å²) in [7, 11) is 0. The van der Waals surface area contributed by atoms with Gasteiger partial charge in [-0.1, -0.05) is 19.3 Å². The monoisotopic (exact) mass is 240 g/mol. The Hall–Kier alpha value is -0.120. The Kier molecular flexibility index (Phi) is 3.42. The van der Waals surface area contributed by atoms with E-state index in [9.17, 15) is 5.11 Å². The van der Waals surface area contributed by atoms with Crippen molar-refractivity contribution in [2.24, 2.45) is 0 Å². The van der Waals surface area contributed by atoms with Gasteiger partial charge in [-0.15, -0.1) is 0 Å². The molecule has 0 saturated heterocycles. The van der Waals surface area contributed by atoms with Crippen molar-refractivity contribution in [1.29, 1.82) is 0 Å². The molecule has 0 spiro atoms. The summed E-state index contributed by atoms with van der Waals surface area (Å²) in [6, 6.07) is 0. The number of aliphatic hydroxyl groups is 1. The smallest absolute Gasteiger partial charge is 0.192 e. The molecule has 0 heterocycles. The predicted molar refractivity (Wildman–Crippen MR) is 64.7 cm³/mol. The molecule has 0 aromatic heterocycles. The summed E-state index contributed by atoms with van der Waals surface area (Å²) in [5, 5.41) is 10.7. The lowest BCUT2D eigenvalue weighted by molar-refractivity contribution is -0.299. The fourth-order valence-corrected chi connectivity index (χ4v) is 3.13. The molecule has 3 heteroatoms. The van der Waals surface area contributed by atoms with Gasteiger partial charge >= 0.3 is 0 Å². The summed E-state index contributed by atoms with van der Waals surface area (Å²) in [5.74, 6) is -0.990. The Morgan fingerprint density at radius 2 is 1.53 bits per heavy atom. The zero-order valence-electron chi connectivity index (χ0n) is 10.6. The van der Waals surface area contributed by atoms with E-state index in [1.165, 1.54) is 12.8 Å². The minimum atomic E-state index is -0.990. The van der Waals surface area contributed by atoms with Gasteiger partial charge in [0.05, 0.1) is 12.2 Å². The second-order valence-electron chi connectivity index (χ2n) is 5.94. The van der Waals surface area contributed by atoms with Crippen molar-refractivity contribution >= 4 is 0 Å². The van der Waals surface area contributed by atoms with Gasteiger partial charge in [0.15, 0.2) is 5.79 Å². The van der Waals surface area contributed by atoms with Crippen LogP contribution in [0.1, 0.15) is 64.2 Å². The van der Waals surface area contributed by atoms with E-state index >= 15 is 0 Å².